The first-order valence-electron chi connectivity index (χ1n) is 4.63. The zero-order valence-electron chi connectivity index (χ0n) is 8.64. The molecule has 0 radical (unpaired) electrons. The standard InChI is InChI=1S/C5H7B2O3.C5H5.Fe/c8-6-10-7(9)5-3-1-2-4-5;1-2-4-5-3-1;/h1-4,6,8-9H;1-5H;/q2*-1;+2. The molecule has 0 aliphatic heterocycles. The van der Waals surface area contributed by atoms with Crippen LogP contribution in [0, 0.1) is 0 Å². The molecule has 2 aromatic rings. The zero-order valence-corrected chi connectivity index (χ0v) is 9.74. The largest absolute Gasteiger partial charge is 2.00 e. The van der Waals surface area contributed by atoms with Gasteiger partial charge < -0.3 is 14.6 Å². The third-order valence-electron chi connectivity index (χ3n) is 1.76. The summed E-state index contributed by atoms with van der Waals surface area (Å²) < 4.78 is 4.50. The second-order valence-electron chi connectivity index (χ2n) is 2.83. The fourth-order valence-electron chi connectivity index (χ4n) is 1.04. The van der Waals surface area contributed by atoms with Gasteiger partial charge in [0.15, 0.2) is 0 Å². The van der Waals surface area contributed by atoms with Crippen molar-refractivity contribution in [3.63, 3.8) is 0 Å². The average Bonchev–Trinajstić information content (AvgIpc) is 2.95. The first-order valence-corrected chi connectivity index (χ1v) is 4.63. The van der Waals surface area contributed by atoms with Crippen LogP contribution in [0.2, 0.25) is 0 Å². The van der Waals surface area contributed by atoms with Gasteiger partial charge in [-0.1, -0.05) is 0 Å². The fourth-order valence-corrected chi connectivity index (χ4v) is 1.04. The van der Waals surface area contributed by atoms with Gasteiger partial charge in [-0.3, -0.25) is 0 Å². The second-order valence-corrected chi connectivity index (χ2v) is 2.83. The summed E-state index contributed by atoms with van der Waals surface area (Å²) in [6, 6.07) is 17.0. The van der Waals surface area contributed by atoms with Gasteiger partial charge in [-0.15, -0.1) is 5.46 Å². The van der Waals surface area contributed by atoms with Crippen LogP contribution in [0.4, 0.5) is 0 Å². The molecule has 2 N–H and O–H groups in total. The zero-order chi connectivity index (χ0) is 10.9. The smallest absolute Gasteiger partial charge is 0.461 e. The molecule has 0 spiro atoms. The number of rotatable bonds is 3. The van der Waals surface area contributed by atoms with Crippen molar-refractivity contribution in [3.8, 4) is 0 Å². The van der Waals surface area contributed by atoms with Crippen molar-refractivity contribution < 1.29 is 31.7 Å². The maximum atomic E-state index is 9.03. The maximum Gasteiger partial charge on any atom is 2.00 e. The van der Waals surface area contributed by atoms with Crippen LogP contribution in [0.3, 0.4) is 0 Å². The molecule has 6 heteroatoms. The molecule has 0 atom stereocenters. The van der Waals surface area contributed by atoms with Gasteiger partial charge in [0.1, 0.15) is 0 Å². The van der Waals surface area contributed by atoms with Crippen LogP contribution < -0.4 is 5.46 Å². The van der Waals surface area contributed by atoms with Crippen LogP contribution >= 0.6 is 0 Å². The summed E-state index contributed by atoms with van der Waals surface area (Å²) in [6.45, 7) is 0. The Balaban J connectivity index is 0.000000318. The van der Waals surface area contributed by atoms with Gasteiger partial charge >= 0.3 is 31.9 Å². The van der Waals surface area contributed by atoms with E-state index in [1.54, 1.807) is 24.3 Å². The van der Waals surface area contributed by atoms with E-state index in [9.17, 15) is 0 Å². The van der Waals surface area contributed by atoms with Gasteiger partial charge in [0.05, 0.1) is 0 Å². The molecule has 0 aliphatic rings. The molecular weight excluding hydrogens is 246 g/mol. The van der Waals surface area contributed by atoms with Crippen molar-refractivity contribution in [2.45, 2.75) is 0 Å². The molecule has 0 fully saturated rings. The minimum Gasteiger partial charge on any atom is -0.461 e. The van der Waals surface area contributed by atoms with E-state index in [-0.39, 0.29) is 17.1 Å². The molecule has 0 saturated carbocycles. The first-order chi connectivity index (χ1) is 7.34. The van der Waals surface area contributed by atoms with E-state index in [0.717, 1.165) is 0 Å². The Kier molecular flexibility index (Phi) is 9.00. The van der Waals surface area contributed by atoms with Crippen molar-refractivity contribution in [1.29, 1.82) is 0 Å². The molecule has 0 aliphatic carbocycles. The topological polar surface area (TPSA) is 49.7 Å². The summed E-state index contributed by atoms with van der Waals surface area (Å²) in [5, 5.41) is 17.3. The summed E-state index contributed by atoms with van der Waals surface area (Å²) in [7, 11) is -1.47. The molecule has 2 rings (SSSR count). The molecule has 0 unspecified atom stereocenters. The van der Waals surface area contributed by atoms with E-state index in [2.05, 4.69) is 4.57 Å². The number of hydrogen-bond donors (Lipinski definition) is 2. The molecule has 0 bridgehead atoms. The fraction of sp³-hybridized carbons (Fsp3) is 0. The summed E-state index contributed by atoms with van der Waals surface area (Å²) >= 11 is 0. The average molecular weight is 258 g/mol. The van der Waals surface area contributed by atoms with Gasteiger partial charge in [0.25, 0.3) is 0 Å². The van der Waals surface area contributed by atoms with Crippen molar-refractivity contribution in [3.05, 3.63) is 54.6 Å². The Hall–Kier alpha value is -0.771. The molecule has 0 aromatic heterocycles. The maximum absolute atomic E-state index is 9.03. The molecular formula is C10H12B2FeO3. The van der Waals surface area contributed by atoms with E-state index >= 15 is 0 Å². The summed E-state index contributed by atoms with van der Waals surface area (Å²) in [5.74, 6) is 0. The molecule has 0 amide bonds. The van der Waals surface area contributed by atoms with Gasteiger partial charge in [-0.2, -0.15) is 30.3 Å². The van der Waals surface area contributed by atoms with Crippen LogP contribution in [0.5, 0.6) is 0 Å². The van der Waals surface area contributed by atoms with Gasteiger partial charge in [0, 0.05) is 0 Å². The molecule has 84 valence electrons. The van der Waals surface area contributed by atoms with Gasteiger partial charge in [-0.05, 0) is 0 Å². The summed E-state index contributed by atoms with van der Waals surface area (Å²) in [6.07, 6.45) is 0. The Morgan fingerprint density at radius 3 is 2.06 bits per heavy atom. The number of hydrogen-bond acceptors (Lipinski definition) is 3. The van der Waals surface area contributed by atoms with Crippen molar-refractivity contribution in [2.24, 2.45) is 0 Å². The van der Waals surface area contributed by atoms with Crippen molar-refractivity contribution >= 4 is 20.3 Å². The monoisotopic (exact) mass is 258 g/mol. The van der Waals surface area contributed by atoms with Crippen LogP contribution in [0.15, 0.2) is 54.6 Å². The third kappa shape index (κ3) is 5.95. The Bertz CT molecular complexity index is 306. The van der Waals surface area contributed by atoms with E-state index < -0.39 is 14.8 Å². The molecule has 0 heterocycles. The van der Waals surface area contributed by atoms with Gasteiger partial charge in [0.2, 0.25) is 0 Å². The normalized spacial score (nSPS) is 8.38. The molecule has 3 nitrogen and oxygen atoms in total. The van der Waals surface area contributed by atoms with E-state index in [4.69, 9.17) is 10.0 Å². The quantitative estimate of drug-likeness (QED) is 0.590. The van der Waals surface area contributed by atoms with Crippen LogP contribution in [0.1, 0.15) is 0 Å². The minimum atomic E-state index is -1.000. The van der Waals surface area contributed by atoms with Crippen molar-refractivity contribution in [1.82, 2.24) is 0 Å². The van der Waals surface area contributed by atoms with E-state index in [0.29, 0.717) is 5.46 Å². The predicted molar refractivity (Wildman–Crippen MR) is 62.1 cm³/mol. The summed E-state index contributed by atoms with van der Waals surface area (Å²) in [4.78, 5) is 0. The SMILES string of the molecule is OBOB(O)[c-]1cccc1.[Fe+2].c1cc[cH-]c1. The Labute approximate surface area is 107 Å². The van der Waals surface area contributed by atoms with E-state index in [1.165, 1.54) is 0 Å². The van der Waals surface area contributed by atoms with Crippen LogP contribution in [0.25, 0.3) is 0 Å². The van der Waals surface area contributed by atoms with E-state index in [1.807, 2.05) is 30.3 Å². The third-order valence-corrected chi connectivity index (χ3v) is 1.76. The Morgan fingerprint density at radius 1 is 1.12 bits per heavy atom. The second kappa shape index (κ2) is 9.45. The van der Waals surface area contributed by atoms with Crippen molar-refractivity contribution in [2.75, 3.05) is 0 Å². The Morgan fingerprint density at radius 2 is 1.69 bits per heavy atom. The molecule has 0 saturated heterocycles. The van der Waals surface area contributed by atoms with Gasteiger partial charge in [-0.25, -0.2) is 24.3 Å². The first kappa shape index (κ1) is 15.2. The summed E-state index contributed by atoms with van der Waals surface area (Å²) in [5.41, 5.74) is 0.661. The minimum absolute atomic E-state index is 0. The van der Waals surface area contributed by atoms with Crippen LogP contribution in [-0.4, -0.2) is 24.9 Å². The molecule has 16 heavy (non-hydrogen) atoms. The van der Waals surface area contributed by atoms with Crippen LogP contribution in [-0.2, 0) is 21.6 Å². The molecule has 2 aromatic carbocycles. The predicted octanol–water partition coefficient (Wildman–Crippen LogP) is -0.229.